The molecule has 3 aromatic rings. The zero-order valence-electron chi connectivity index (χ0n) is 19.0. The molecule has 7 heteroatoms. The summed E-state index contributed by atoms with van der Waals surface area (Å²) in [5.41, 5.74) is 1.75. The summed E-state index contributed by atoms with van der Waals surface area (Å²) in [4.78, 5) is 31.7. The van der Waals surface area contributed by atoms with Gasteiger partial charge in [-0.2, -0.15) is 0 Å². The second-order valence-corrected chi connectivity index (χ2v) is 8.61. The van der Waals surface area contributed by atoms with Crippen molar-refractivity contribution in [3.8, 4) is 11.5 Å². The minimum atomic E-state index is -0.822. The standard InChI is InChI=1S/C27H26N2O5/c1-17(2)16-34-22-11-7-20(8-12-22)25(31)23-24(19-5-9-21(30)10-6-19)29(27(33)26(23)32)15-18-4-3-13-28-14-18/h3-14,17,24,30-31H,15-16H2,1-2H3/b25-23+/t24-/m1/s1. The number of ether oxygens (including phenoxy) is 1. The minimum Gasteiger partial charge on any atom is -0.508 e. The van der Waals surface area contributed by atoms with Gasteiger partial charge in [0.25, 0.3) is 11.7 Å². The van der Waals surface area contributed by atoms with Crippen LogP contribution in [0.3, 0.4) is 0 Å². The fourth-order valence-corrected chi connectivity index (χ4v) is 3.86. The van der Waals surface area contributed by atoms with E-state index < -0.39 is 17.7 Å². The molecular formula is C27H26N2O5. The molecule has 0 spiro atoms. The van der Waals surface area contributed by atoms with Crippen LogP contribution in [-0.4, -0.2) is 38.4 Å². The van der Waals surface area contributed by atoms with Crippen molar-refractivity contribution in [2.45, 2.75) is 26.4 Å². The number of amides is 1. The van der Waals surface area contributed by atoms with Crippen LogP contribution in [0.25, 0.3) is 5.76 Å². The summed E-state index contributed by atoms with van der Waals surface area (Å²) in [5, 5.41) is 20.9. The Morgan fingerprint density at radius 1 is 1.06 bits per heavy atom. The number of benzene rings is 2. The van der Waals surface area contributed by atoms with Gasteiger partial charge in [0.2, 0.25) is 0 Å². The molecule has 1 aliphatic heterocycles. The maximum atomic E-state index is 13.1. The van der Waals surface area contributed by atoms with Crippen LogP contribution in [0.5, 0.6) is 11.5 Å². The van der Waals surface area contributed by atoms with Crippen molar-refractivity contribution >= 4 is 17.4 Å². The highest BCUT2D eigenvalue weighted by Crippen LogP contribution is 2.40. The van der Waals surface area contributed by atoms with Gasteiger partial charge >= 0.3 is 0 Å². The van der Waals surface area contributed by atoms with Crippen LogP contribution in [-0.2, 0) is 16.1 Å². The second-order valence-electron chi connectivity index (χ2n) is 8.61. The zero-order valence-corrected chi connectivity index (χ0v) is 19.0. The molecule has 2 aromatic carbocycles. The number of nitrogens with zero attached hydrogens (tertiary/aromatic N) is 2. The van der Waals surface area contributed by atoms with Crippen molar-refractivity contribution in [3.05, 3.63) is 95.3 Å². The number of aliphatic hydroxyl groups excluding tert-OH is 1. The van der Waals surface area contributed by atoms with Crippen molar-refractivity contribution in [3.63, 3.8) is 0 Å². The van der Waals surface area contributed by atoms with Crippen molar-refractivity contribution in [2.75, 3.05) is 6.61 Å². The summed E-state index contributed by atoms with van der Waals surface area (Å²) >= 11 is 0. The molecule has 2 heterocycles. The number of likely N-dealkylation sites (tertiary alicyclic amines) is 1. The number of hydrogen-bond acceptors (Lipinski definition) is 6. The van der Waals surface area contributed by atoms with Gasteiger partial charge in [-0.15, -0.1) is 0 Å². The van der Waals surface area contributed by atoms with Crippen molar-refractivity contribution in [1.29, 1.82) is 0 Å². The number of aliphatic hydroxyl groups is 1. The van der Waals surface area contributed by atoms with Crippen LogP contribution in [0.2, 0.25) is 0 Å². The molecule has 1 atom stereocenters. The molecule has 4 rings (SSSR count). The maximum Gasteiger partial charge on any atom is 0.295 e. The van der Waals surface area contributed by atoms with Crippen LogP contribution < -0.4 is 4.74 Å². The Hall–Kier alpha value is -4.13. The Morgan fingerprint density at radius 3 is 2.38 bits per heavy atom. The number of carbonyl (C=O) groups excluding carboxylic acids is 2. The first kappa shape index (κ1) is 23.0. The smallest absolute Gasteiger partial charge is 0.295 e. The largest absolute Gasteiger partial charge is 0.508 e. The van der Waals surface area contributed by atoms with Gasteiger partial charge < -0.3 is 19.8 Å². The quantitative estimate of drug-likeness (QED) is 0.308. The number of aromatic hydroxyl groups is 1. The lowest BCUT2D eigenvalue weighted by molar-refractivity contribution is -0.140. The number of aromatic nitrogens is 1. The van der Waals surface area contributed by atoms with Gasteiger partial charge in [-0.05, 0) is 59.5 Å². The summed E-state index contributed by atoms with van der Waals surface area (Å²) in [6.07, 6.45) is 3.26. The van der Waals surface area contributed by atoms with E-state index >= 15 is 0 Å². The van der Waals surface area contributed by atoms with Crippen LogP contribution in [0.1, 0.15) is 36.6 Å². The third kappa shape index (κ3) is 4.78. The summed E-state index contributed by atoms with van der Waals surface area (Å²) in [5.74, 6) is -0.656. The first-order valence-corrected chi connectivity index (χ1v) is 11.0. The second kappa shape index (κ2) is 9.79. The number of pyridine rings is 1. The molecule has 1 aromatic heterocycles. The molecule has 0 aliphatic carbocycles. The lowest BCUT2D eigenvalue weighted by atomic mass is 9.95. The molecule has 0 unspecified atom stereocenters. The monoisotopic (exact) mass is 458 g/mol. The predicted molar refractivity (Wildman–Crippen MR) is 127 cm³/mol. The number of rotatable bonds is 7. The van der Waals surface area contributed by atoms with Crippen LogP contribution in [0.15, 0.2) is 78.6 Å². The zero-order chi connectivity index (χ0) is 24.2. The lowest BCUT2D eigenvalue weighted by Gasteiger charge is -2.25. The minimum absolute atomic E-state index is 0.00423. The van der Waals surface area contributed by atoms with E-state index in [1.54, 1.807) is 54.9 Å². The predicted octanol–water partition coefficient (Wildman–Crippen LogP) is 4.44. The normalized spacial score (nSPS) is 17.4. The van der Waals surface area contributed by atoms with Crippen LogP contribution >= 0.6 is 0 Å². The van der Waals surface area contributed by atoms with Gasteiger partial charge in [0.15, 0.2) is 0 Å². The van der Waals surface area contributed by atoms with E-state index in [0.29, 0.717) is 29.4 Å². The highest BCUT2D eigenvalue weighted by molar-refractivity contribution is 6.46. The molecule has 7 nitrogen and oxygen atoms in total. The topological polar surface area (TPSA) is 100.0 Å². The van der Waals surface area contributed by atoms with E-state index in [1.807, 2.05) is 19.9 Å². The third-order valence-corrected chi connectivity index (χ3v) is 5.54. The summed E-state index contributed by atoms with van der Waals surface area (Å²) in [7, 11) is 0. The van der Waals surface area contributed by atoms with Gasteiger partial charge in [0.05, 0.1) is 18.2 Å². The number of hydrogen-bond donors (Lipinski definition) is 2. The number of Topliss-reactive ketones (excluding diaryl/α,β-unsaturated/α-hetero) is 1. The third-order valence-electron chi connectivity index (χ3n) is 5.54. The van der Waals surface area contributed by atoms with Crippen LogP contribution in [0.4, 0.5) is 0 Å². The number of phenols is 1. The van der Waals surface area contributed by atoms with Gasteiger partial charge in [0.1, 0.15) is 17.3 Å². The van der Waals surface area contributed by atoms with Crippen molar-refractivity contribution in [2.24, 2.45) is 5.92 Å². The molecule has 0 radical (unpaired) electrons. The number of phenolic OH excluding ortho intramolecular Hbond substituents is 1. The molecule has 174 valence electrons. The summed E-state index contributed by atoms with van der Waals surface area (Å²) in [6.45, 7) is 4.80. The number of ketones is 1. The molecule has 2 N–H and O–H groups in total. The molecule has 34 heavy (non-hydrogen) atoms. The Kier molecular flexibility index (Phi) is 6.63. The average Bonchev–Trinajstić information content (AvgIpc) is 3.08. The first-order valence-electron chi connectivity index (χ1n) is 11.0. The van der Waals surface area contributed by atoms with Crippen molar-refractivity contribution in [1.82, 2.24) is 9.88 Å². The highest BCUT2D eigenvalue weighted by Gasteiger charge is 2.46. The first-order chi connectivity index (χ1) is 16.3. The van der Waals surface area contributed by atoms with E-state index in [9.17, 15) is 19.8 Å². The maximum absolute atomic E-state index is 13.1. The van der Waals surface area contributed by atoms with Gasteiger partial charge in [-0.3, -0.25) is 14.6 Å². The highest BCUT2D eigenvalue weighted by atomic mass is 16.5. The Labute approximate surface area is 198 Å². The van der Waals surface area contributed by atoms with Gasteiger partial charge in [-0.25, -0.2) is 0 Å². The van der Waals surface area contributed by atoms with E-state index in [2.05, 4.69) is 4.98 Å². The fourth-order valence-electron chi connectivity index (χ4n) is 3.86. The average molecular weight is 459 g/mol. The lowest BCUT2D eigenvalue weighted by Crippen LogP contribution is -2.29. The van der Waals surface area contributed by atoms with Gasteiger partial charge in [-0.1, -0.05) is 32.0 Å². The van der Waals surface area contributed by atoms with E-state index in [-0.39, 0.29) is 23.6 Å². The fraction of sp³-hybridized carbons (Fsp3) is 0.222. The summed E-state index contributed by atoms with van der Waals surface area (Å²) < 4.78 is 5.69. The summed E-state index contributed by atoms with van der Waals surface area (Å²) in [6, 6.07) is 15.8. The molecule has 1 aliphatic rings. The molecule has 1 amide bonds. The molecular weight excluding hydrogens is 432 g/mol. The van der Waals surface area contributed by atoms with E-state index in [0.717, 1.165) is 5.56 Å². The molecule has 1 saturated heterocycles. The van der Waals surface area contributed by atoms with Crippen LogP contribution in [0, 0.1) is 5.92 Å². The molecule has 0 saturated carbocycles. The SMILES string of the molecule is CC(C)COc1ccc(/C(O)=C2\C(=O)C(=O)N(Cc3cccnc3)[C@@H]2c2ccc(O)cc2)cc1. The van der Waals surface area contributed by atoms with E-state index in [1.165, 1.54) is 17.0 Å². The Balaban J connectivity index is 1.75. The van der Waals surface area contributed by atoms with Crippen molar-refractivity contribution < 1.29 is 24.5 Å². The molecule has 0 bridgehead atoms. The Bertz CT molecular complexity index is 1200. The van der Waals surface area contributed by atoms with E-state index in [4.69, 9.17) is 4.74 Å². The molecule has 1 fully saturated rings. The Morgan fingerprint density at radius 2 is 1.76 bits per heavy atom. The van der Waals surface area contributed by atoms with Gasteiger partial charge in [0, 0.05) is 24.5 Å². The number of carbonyl (C=O) groups is 2.